The predicted molar refractivity (Wildman–Crippen MR) is 72.4 cm³/mol. The van der Waals surface area contributed by atoms with Crippen LogP contribution in [0.2, 0.25) is 0 Å². The quantitative estimate of drug-likeness (QED) is 0.470. The molecule has 0 aromatic rings. The van der Waals surface area contributed by atoms with E-state index in [1.807, 2.05) is 0 Å². The zero-order valence-electron chi connectivity index (χ0n) is 7.49. The van der Waals surface area contributed by atoms with Crippen LogP contribution in [0.5, 0.6) is 0 Å². The largest absolute Gasteiger partial charge is 0.394 e. The van der Waals surface area contributed by atoms with Crippen molar-refractivity contribution in [2.24, 2.45) is 0 Å². The summed E-state index contributed by atoms with van der Waals surface area (Å²) >= 11 is 14.0. The Morgan fingerprint density at radius 2 is 1.54 bits per heavy atom. The lowest BCUT2D eigenvalue weighted by molar-refractivity contribution is 0.282. The van der Waals surface area contributed by atoms with Gasteiger partial charge in [-0.3, -0.25) is 0 Å². The van der Waals surface area contributed by atoms with Crippen LogP contribution in [0, 0.1) is 0 Å². The van der Waals surface area contributed by atoms with E-state index in [1.165, 1.54) is 12.8 Å². The van der Waals surface area contributed by atoms with Gasteiger partial charge in [-0.05, 0) is 6.42 Å². The molecule has 0 atom stereocenters. The van der Waals surface area contributed by atoms with Crippen molar-refractivity contribution in [1.82, 2.24) is 0 Å². The summed E-state index contributed by atoms with van der Waals surface area (Å²) < 4.78 is -0.794. The van der Waals surface area contributed by atoms with Gasteiger partial charge in [0.25, 0.3) is 0 Å². The fourth-order valence-corrected chi connectivity index (χ4v) is 2.10. The number of rotatable bonds is 6. The Kier molecular flexibility index (Phi) is 7.39. The normalized spacial score (nSPS) is 13.4. The number of aliphatic hydroxyl groups excluding tert-OH is 1. The van der Waals surface area contributed by atoms with Crippen molar-refractivity contribution in [3.63, 3.8) is 0 Å². The van der Waals surface area contributed by atoms with Crippen LogP contribution in [0.4, 0.5) is 0 Å². The second-order valence-electron chi connectivity index (χ2n) is 3.02. The van der Waals surface area contributed by atoms with Crippen molar-refractivity contribution in [2.75, 3.05) is 6.61 Å². The van der Waals surface area contributed by atoms with Gasteiger partial charge in [0, 0.05) is 0 Å². The van der Waals surface area contributed by atoms with E-state index in [2.05, 4.69) is 70.6 Å². The second-order valence-corrected chi connectivity index (χ2v) is 10.6. The molecule has 13 heavy (non-hydrogen) atoms. The minimum Gasteiger partial charge on any atom is -0.394 e. The van der Waals surface area contributed by atoms with Gasteiger partial charge in [-0.25, -0.2) is 0 Å². The van der Waals surface area contributed by atoms with Crippen molar-refractivity contribution >= 4 is 63.7 Å². The molecular formula is C8H14Br4O. The zero-order valence-corrected chi connectivity index (χ0v) is 13.8. The van der Waals surface area contributed by atoms with Gasteiger partial charge >= 0.3 is 0 Å². The highest BCUT2D eigenvalue weighted by Gasteiger charge is 2.43. The molecule has 0 aliphatic heterocycles. The molecule has 1 nitrogen and oxygen atoms in total. The fraction of sp³-hybridized carbons (Fsp3) is 1.00. The van der Waals surface area contributed by atoms with E-state index >= 15 is 0 Å². The average Bonchev–Trinajstić information content (AvgIpc) is 2.04. The molecule has 0 aliphatic rings. The maximum atomic E-state index is 9.13. The van der Waals surface area contributed by atoms with E-state index < -0.39 is 3.23 Å². The Balaban J connectivity index is 4.06. The van der Waals surface area contributed by atoms with Crippen LogP contribution in [0.25, 0.3) is 0 Å². The summed E-state index contributed by atoms with van der Waals surface area (Å²) in [4.78, 5) is 0. The molecule has 1 N–H and O–H groups in total. The molecule has 0 radical (unpaired) electrons. The molecule has 0 unspecified atom stereocenters. The van der Waals surface area contributed by atoms with Crippen LogP contribution in [0.1, 0.15) is 32.6 Å². The van der Waals surface area contributed by atoms with Gasteiger partial charge in [-0.1, -0.05) is 89.9 Å². The number of alkyl halides is 4. The SMILES string of the molecule is CCCCCC(Br)(Br)C(Br)(Br)CO. The first-order valence-corrected chi connectivity index (χ1v) is 7.41. The summed E-state index contributed by atoms with van der Waals surface area (Å²) in [6, 6.07) is 0. The summed E-state index contributed by atoms with van der Waals surface area (Å²) in [5.74, 6) is 0. The molecule has 0 aromatic carbocycles. The van der Waals surface area contributed by atoms with E-state index in [-0.39, 0.29) is 9.84 Å². The molecule has 0 aromatic heterocycles. The van der Waals surface area contributed by atoms with Crippen LogP contribution in [0.15, 0.2) is 0 Å². The molecule has 80 valence electrons. The molecule has 0 amide bonds. The maximum Gasteiger partial charge on any atom is 0.128 e. The highest BCUT2D eigenvalue weighted by atomic mass is 79.9. The Labute approximate surface area is 114 Å². The summed E-state index contributed by atoms with van der Waals surface area (Å²) in [7, 11) is 0. The molecule has 5 heteroatoms. The standard InChI is InChI=1S/C8H14Br4O/c1-2-3-4-5-7(9,10)8(11,12)6-13/h13H,2-6H2,1H3. The van der Waals surface area contributed by atoms with Crippen LogP contribution in [0.3, 0.4) is 0 Å². The topological polar surface area (TPSA) is 20.2 Å². The van der Waals surface area contributed by atoms with Crippen molar-refractivity contribution in [1.29, 1.82) is 0 Å². The van der Waals surface area contributed by atoms with E-state index in [0.29, 0.717) is 0 Å². The van der Waals surface area contributed by atoms with Crippen molar-refractivity contribution in [3.8, 4) is 0 Å². The fourth-order valence-electron chi connectivity index (χ4n) is 0.896. The first-order chi connectivity index (χ1) is 5.87. The van der Waals surface area contributed by atoms with E-state index in [0.717, 1.165) is 12.8 Å². The Morgan fingerprint density at radius 3 is 1.92 bits per heavy atom. The lowest BCUT2D eigenvalue weighted by Gasteiger charge is -2.33. The molecule has 0 aliphatic carbocycles. The average molecular weight is 446 g/mol. The van der Waals surface area contributed by atoms with Gasteiger partial charge in [0.1, 0.15) is 6.47 Å². The Hall–Kier alpha value is 1.88. The molecule has 0 saturated carbocycles. The van der Waals surface area contributed by atoms with Gasteiger partial charge in [0.15, 0.2) is 0 Å². The number of unbranched alkanes of at least 4 members (excludes halogenated alkanes) is 2. The smallest absolute Gasteiger partial charge is 0.128 e. The van der Waals surface area contributed by atoms with E-state index in [9.17, 15) is 0 Å². The van der Waals surface area contributed by atoms with Gasteiger partial charge in [0.05, 0.1) is 6.61 Å². The summed E-state index contributed by atoms with van der Waals surface area (Å²) in [5, 5.41) is 9.13. The number of hydrogen-bond acceptors (Lipinski definition) is 1. The Morgan fingerprint density at radius 1 is 1.00 bits per heavy atom. The zero-order chi connectivity index (χ0) is 10.5. The molecule has 0 bridgehead atoms. The number of halogens is 4. The van der Waals surface area contributed by atoms with E-state index in [1.54, 1.807) is 0 Å². The second kappa shape index (κ2) is 6.46. The maximum absolute atomic E-state index is 9.13. The van der Waals surface area contributed by atoms with Crippen LogP contribution >= 0.6 is 63.7 Å². The van der Waals surface area contributed by atoms with Crippen molar-refractivity contribution in [2.45, 2.75) is 39.1 Å². The molecule has 0 heterocycles. The van der Waals surface area contributed by atoms with Crippen molar-refractivity contribution in [3.05, 3.63) is 0 Å². The summed E-state index contributed by atoms with van der Waals surface area (Å²) in [6.07, 6.45) is 4.50. The monoisotopic (exact) mass is 442 g/mol. The number of hydrogen-bond donors (Lipinski definition) is 1. The third-order valence-electron chi connectivity index (χ3n) is 1.83. The predicted octanol–water partition coefficient (Wildman–Crippen LogP) is 4.53. The third kappa shape index (κ3) is 4.96. The van der Waals surface area contributed by atoms with Gasteiger partial charge in [-0.15, -0.1) is 0 Å². The van der Waals surface area contributed by atoms with Gasteiger partial charge < -0.3 is 5.11 Å². The lowest BCUT2D eigenvalue weighted by atomic mass is 10.1. The number of aliphatic hydroxyl groups is 1. The van der Waals surface area contributed by atoms with Crippen LogP contribution in [-0.2, 0) is 0 Å². The Bertz CT molecular complexity index is 147. The molecule has 0 saturated heterocycles. The molecular weight excluding hydrogens is 432 g/mol. The summed E-state index contributed by atoms with van der Waals surface area (Å²) in [6.45, 7) is 2.20. The van der Waals surface area contributed by atoms with Gasteiger partial charge in [-0.2, -0.15) is 0 Å². The van der Waals surface area contributed by atoms with E-state index in [4.69, 9.17) is 5.11 Å². The minimum absolute atomic E-state index is 0.0234. The van der Waals surface area contributed by atoms with Crippen molar-refractivity contribution < 1.29 is 5.11 Å². The molecule has 0 rings (SSSR count). The first kappa shape index (κ1) is 14.9. The summed E-state index contributed by atoms with van der Waals surface area (Å²) in [5.41, 5.74) is 0. The third-order valence-corrected chi connectivity index (χ3v) is 7.96. The highest BCUT2D eigenvalue weighted by Crippen LogP contribution is 2.50. The minimum atomic E-state index is -0.499. The highest BCUT2D eigenvalue weighted by molar-refractivity contribution is 9.30. The van der Waals surface area contributed by atoms with Crippen LogP contribution < -0.4 is 0 Å². The lowest BCUT2D eigenvalue weighted by Crippen LogP contribution is -2.37. The molecule has 0 fully saturated rings. The first-order valence-electron chi connectivity index (χ1n) is 4.24. The van der Waals surface area contributed by atoms with Crippen LogP contribution in [-0.4, -0.2) is 18.2 Å². The van der Waals surface area contributed by atoms with Gasteiger partial charge in [0.2, 0.25) is 0 Å². The molecule has 0 spiro atoms.